The van der Waals surface area contributed by atoms with E-state index in [0.717, 1.165) is 51.5 Å². The first-order chi connectivity index (χ1) is 10.3. The number of hydrogen-bond donors (Lipinski definition) is 1. The normalized spacial score (nSPS) is 18.5. The number of likely N-dealkylation sites (tertiary alicyclic amines) is 1. The van der Waals surface area contributed by atoms with Crippen molar-refractivity contribution in [1.29, 1.82) is 0 Å². The maximum absolute atomic E-state index is 8.86. The van der Waals surface area contributed by atoms with Crippen LogP contribution in [0.25, 0.3) is 0 Å². The minimum Gasteiger partial charge on any atom is -0.392 e. The third kappa shape index (κ3) is 16.2. The second-order valence-corrected chi connectivity index (χ2v) is 6.74. The summed E-state index contributed by atoms with van der Waals surface area (Å²) >= 11 is 0. The highest BCUT2D eigenvalue weighted by molar-refractivity contribution is 4.70. The number of rotatable bonds is 7. The molecule has 136 valence electrons. The van der Waals surface area contributed by atoms with Gasteiger partial charge < -0.3 is 19.5 Å². The van der Waals surface area contributed by atoms with E-state index in [4.69, 9.17) is 14.6 Å². The van der Waals surface area contributed by atoms with E-state index in [1.807, 2.05) is 20.9 Å². The zero-order valence-corrected chi connectivity index (χ0v) is 16.3. The van der Waals surface area contributed by atoms with Crippen LogP contribution in [0.5, 0.6) is 0 Å². The van der Waals surface area contributed by atoms with Gasteiger partial charge >= 0.3 is 0 Å². The summed E-state index contributed by atoms with van der Waals surface area (Å²) < 4.78 is 10.8. The van der Waals surface area contributed by atoms with Gasteiger partial charge in [0.25, 0.3) is 0 Å². The average Bonchev–Trinajstić information content (AvgIpc) is 2.82. The highest BCUT2D eigenvalue weighted by Crippen LogP contribution is 2.15. The van der Waals surface area contributed by atoms with Gasteiger partial charge in [0.15, 0.2) is 0 Å². The lowest BCUT2D eigenvalue weighted by atomic mass is 10.1. The predicted molar refractivity (Wildman–Crippen MR) is 95.4 cm³/mol. The summed E-state index contributed by atoms with van der Waals surface area (Å²) in [7, 11) is 3.75. The molecule has 0 aromatic rings. The van der Waals surface area contributed by atoms with Crippen molar-refractivity contribution in [2.45, 2.75) is 72.5 Å². The van der Waals surface area contributed by atoms with Gasteiger partial charge in [-0.3, -0.25) is 0 Å². The molecule has 1 heterocycles. The smallest absolute Gasteiger partial charge is 0.0679 e. The molecular weight excluding hydrogens is 278 g/mol. The molecule has 0 aromatic carbocycles. The van der Waals surface area contributed by atoms with E-state index in [0.29, 0.717) is 0 Å². The minimum absolute atomic E-state index is 0.0368. The van der Waals surface area contributed by atoms with Crippen molar-refractivity contribution in [3.8, 4) is 0 Å². The molecule has 1 atom stereocenters. The Balaban J connectivity index is 0. The molecule has 1 fully saturated rings. The van der Waals surface area contributed by atoms with Crippen LogP contribution in [0.2, 0.25) is 0 Å². The molecule has 0 aliphatic carbocycles. The average molecular weight is 320 g/mol. The van der Waals surface area contributed by atoms with E-state index in [-0.39, 0.29) is 11.7 Å². The topological polar surface area (TPSA) is 41.9 Å². The number of ether oxygens (including phenoxy) is 2. The van der Waals surface area contributed by atoms with Crippen LogP contribution in [-0.2, 0) is 9.47 Å². The quantitative estimate of drug-likeness (QED) is 0.779. The van der Waals surface area contributed by atoms with Crippen LogP contribution < -0.4 is 0 Å². The van der Waals surface area contributed by atoms with E-state index < -0.39 is 0 Å². The van der Waals surface area contributed by atoms with Crippen molar-refractivity contribution >= 4 is 0 Å². The fraction of sp³-hybridized carbons (Fsp3) is 1.00. The van der Waals surface area contributed by atoms with Gasteiger partial charge in [0, 0.05) is 33.4 Å². The molecule has 0 spiro atoms. The summed E-state index contributed by atoms with van der Waals surface area (Å²) in [4.78, 5) is 2.13. The number of nitrogens with zero attached hydrogens (tertiary/aromatic N) is 1. The van der Waals surface area contributed by atoms with Crippen molar-refractivity contribution in [1.82, 2.24) is 4.90 Å². The first-order valence-electron chi connectivity index (χ1n) is 8.76. The first-order valence-corrected chi connectivity index (χ1v) is 8.76. The Hall–Kier alpha value is -0.160. The maximum atomic E-state index is 8.86. The molecule has 0 bridgehead atoms. The lowest BCUT2D eigenvalue weighted by molar-refractivity contribution is -0.0401. The van der Waals surface area contributed by atoms with Crippen LogP contribution in [0.1, 0.15) is 60.8 Å². The fourth-order valence-corrected chi connectivity index (χ4v) is 1.90. The zero-order valence-electron chi connectivity index (χ0n) is 16.3. The summed E-state index contributed by atoms with van der Waals surface area (Å²) in [6.07, 6.45) is 3.00. The Kier molecular flexibility index (Phi) is 15.8. The SMILES string of the molecule is CC.CN1CCC(O)C1.COCCC(C)(C)OCCC(C)C. The molecule has 1 rings (SSSR count). The van der Waals surface area contributed by atoms with Gasteiger partial charge in [-0.1, -0.05) is 27.7 Å². The fourth-order valence-electron chi connectivity index (χ4n) is 1.90. The largest absolute Gasteiger partial charge is 0.392 e. The number of aliphatic hydroxyl groups is 1. The van der Waals surface area contributed by atoms with Gasteiger partial charge in [-0.2, -0.15) is 0 Å². The molecule has 1 aliphatic rings. The Bertz CT molecular complexity index is 224. The molecule has 0 amide bonds. The second-order valence-electron chi connectivity index (χ2n) is 6.74. The molecular formula is C18H41NO3. The van der Waals surface area contributed by atoms with Gasteiger partial charge in [-0.25, -0.2) is 0 Å². The van der Waals surface area contributed by atoms with Crippen LogP contribution >= 0.6 is 0 Å². The minimum atomic E-state index is -0.0509. The van der Waals surface area contributed by atoms with Crippen LogP contribution in [0, 0.1) is 5.92 Å². The summed E-state index contributed by atoms with van der Waals surface area (Å²) in [5, 5.41) is 8.86. The number of aliphatic hydroxyl groups excluding tert-OH is 1. The molecule has 1 aliphatic heterocycles. The van der Waals surface area contributed by atoms with Gasteiger partial charge in [0.05, 0.1) is 11.7 Å². The Morgan fingerprint density at radius 3 is 2.14 bits per heavy atom. The summed E-state index contributed by atoms with van der Waals surface area (Å²) in [5.41, 5.74) is -0.0368. The monoisotopic (exact) mass is 319 g/mol. The summed E-state index contributed by atoms with van der Waals surface area (Å²) in [6.45, 7) is 16.2. The summed E-state index contributed by atoms with van der Waals surface area (Å²) in [5.74, 6) is 0.721. The third-order valence-electron chi connectivity index (χ3n) is 3.46. The van der Waals surface area contributed by atoms with Gasteiger partial charge in [0.1, 0.15) is 0 Å². The van der Waals surface area contributed by atoms with Crippen molar-refractivity contribution in [3.05, 3.63) is 0 Å². The van der Waals surface area contributed by atoms with Gasteiger partial charge in [-0.05, 0) is 46.1 Å². The van der Waals surface area contributed by atoms with Crippen molar-refractivity contribution in [2.24, 2.45) is 5.92 Å². The lowest BCUT2D eigenvalue weighted by Gasteiger charge is -2.25. The molecule has 1 N–H and O–H groups in total. The highest BCUT2D eigenvalue weighted by Gasteiger charge is 2.17. The molecule has 4 heteroatoms. The van der Waals surface area contributed by atoms with Crippen molar-refractivity contribution in [2.75, 3.05) is 40.5 Å². The van der Waals surface area contributed by atoms with Crippen molar-refractivity contribution in [3.63, 3.8) is 0 Å². The Morgan fingerprint density at radius 1 is 1.23 bits per heavy atom. The Morgan fingerprint density at radius 2 is 1.82 bits per heavy atom. The zero-order chi connectivity index (χ0) is 17.6. The van der Waals surface area contributed by atoms with Crippen LogP contribution in [0.3, 0.4) is 0 Å². The van der Waals surface area contributed by atoms with E-state index in [2.05, 4.69) is 32.6 Å². The number of β-amino-alcohol motifs (C(OH)–C–C–N with tert-alkyl or cyclic N) is 1. The van der Waals surface area contributed by atoms with E-state index in [1.165, 1.54) is 0 Å². The van der Waals surface area contributed by atoms with E-state index in [9.17, 15) is 0 Å². The van der Waals surface area contributed by atoms with Gasteiger partial charge in [0.2, 0.25) is 0 Å². The van der Waals surface area contributed by atoms with Crippen LogP contribution in [-0.4, -0.2) is 62.2 Å². The predicted octanol–water partition coefficient (Wildman–Crippen LogP) is 3.57. The molecule has 4 nitrogen and oxygen atoms in total. The van der Waals surface area contributed by atoms with Gasteiger partial charge in [-0.15, -0.1) is 0 Å². The van der Waals surface area contributed by atoms with E-state index >= 15 is 0 Å². The molecule has 22 heavy (non-hydrogen) atoms. The maximum Gasteiger partial charge on any atom is 0.0679 e. The first kappa shape index (κ1) is 24.1. The molecule has 0 saturated carbocycles. The molecule has 1 saturated heterocycles. The lowest BCUT2D eigenvalue weighted by Crippen LogP contribution is -2.27. The third-order valence-corrected chi connectivity index (χ3v) is 3.46. The second kappa shape index (κ2) is 14.4. The van der Waals surface area contributed by atoms with Crippen LogP contribution in [0.15, 0.2) is 0 Å². The molecule has 0 radical (unpaired) electrons. The number of hydrogen-bond acceptors (Lipinski definition) is 4. The summed E-state index contributed by atoms with van der Waals surface area (Å²) in [6, 6.07) is 0. The number of methoxy groups -OCH3 is 1. The van der Waals surface area contributed by atoms with Crippen molar-refractivity contribution < 1.29 is 14.6 Å². The van der Waals surface area contributed by atoms with E-state index in [1.54, 1.807) is 7.11 Å². The molecule has 0 aromatic heterocycles. The molecule has 1 unspecified atom stereocenters. The Labute approximate surface area is 139 Å². The number of likely N-dealkylation sites (N-methyl/N-ethyl adjacent to an activating group) is 1. The van der Waals surface area contributed by atoms with Crippen LogP contribution in [0.4, 0.5) is 0 Å². The standard InChI is InChI=1S/C11H24O2.C5H11NO.C2H6/c1-10(2)6-8-13-11(3,4)7-9-12-5;1-6-3-2-5(7)4-6;1-2/h10H,6-9H2,1-5H3;5,7H,2-4H2,1H3;1-2H3. The highest BCUT2D eigenvalue weighted by atomic mass is 16.5.